The highest BCUT2D eigenvalue weighted by Crippen LogP contribution is 2.33. The van der Waals surface area contributed by atoms with Crippen molar-refractivity contribution < 1.29 is 17.9 Å². The van der Waals surface area contributed by atoms with Crippen LogP contribution in [0.25, 0.3) is 0 Å². The fraction of sp³-hybridized carbons (Fsp3) is 0.318. The summed E-state index contributed by atoms with van der Waals surface area (Å²) < 4.78 is 33.2. The molecular formula is C22H26N4O4S2. The van der Waals surface area contributed by atoms with Crippen LogP contribution in [-0.4, -0.2) is 24.3 Å². The highest BCUT2D eigenvalue weighted by Gasteiger charge is 2.26. The molecule has 2 aromatic heterocycles. The van der Waals surface area contributed by atoms with Crippen LogP contribution in [0, 0.1) is 20.8 Å². The number of rotatable bonds is 5. The lowest BCUT2D eigenvalue weighted by molar-refractivity contribution is 0.0978. The van der Waals surface area contributed by atoms with Crippen LogP contribution in [0.5, 0.6) is 11.6 Å². The molecule has 0 saturated heterocycles. The monoisotopic (exact) mass is 474 g/mol. The molecule has 1 amide bonds. The van der Waals surface area contributed by atoms with Gasteiger partial charge in [-0.05, 0) is 44.0 Å². The molecule has 0 aliphatic carbocycles. The second-order valence-electron chi connectivity index (χ2n) is 8.58. The summed E-state index contributed by atoms with van der Waals surface area (Å²) >= 11 is 0.767. The quantitative estimate of drug-likeness (QED) is 0.566. The first-order valence-corrected chi connectivity index (χ1v) is 12.1. The summed E-state index contributed by atoms with van der Waals surface area (Å²) in [5.74, 6) is -0.257. The van der Waals surface area contributed by atoms with Crippen molar-refractivity contribution in [2.75, 3.05) is 5.73 Å². The molecule has 0 fully saturated rings. The molecule has 0 unspecified atom stereocenters. The summed E-state index contributed by atoms with van der Waals surface area (Å²) in [6.07, 6.45) is 1.10. The summed E-state index contributed by atoms with van der Waals surface area (Å²) in [6.45, 7) is 11.8. The van der Waals surface area contributed by atoms with Crippen molar-refractivity contribution in [3.63, 3.8) is 0 Å². The Balaban J connectivity index is 2.05. The summed E-state index contributed by atoms with van der Waals surface area (Å²) in [7, 11) is -4.14. The zero-order chi connectivity index (χ0) is 23.8. The molecule has 170 valence electrons. The fourth-order valence-corrected chi connectivity index (χ4v) is 5.04. The van der Waals surface area contributed by atoms with Crippen molar-refractivity contribution in [3.8, 4) is 11.6 Å². The van der Waals surface area contributed by atoms with Crippen LogP contribution in [0.4, 0.5) is 5.13 Å². The molecule has 3 N–H and O–H groups in total. The number of nitrogens with one attached hydrogen (secondary N) is 1. The lowest BCUT2D eigenvalue weighted by Crippen LogP contribution is -2.30. The Morgan fingerprint density at radius 1 is 1.12 bits per heavy atom. The molecular weight excluding hydrogens is 448 g/mol. The van der Waals surface area contributed by atoms with Gasteiger partial charge in [-0.2, -0.15) is 0 Å². The van der Waals surface area contributed by atoms with E-state index in [9.17, 15) is 13.2 Å². The zero-order valence-corrected chi connectivity index (χ0v) is 20.4. The van der Waals surface area contributed by atoms with E-state index in [4.69, 9.17) is 10.5 Å². The number of nitrogen functional groups attached to an aromatic ring is 1. The Bertz CT molecular complexity index is 1270. The Morgan fingerprint density at radius 2 is 1.75 bits per heavy atom. The number of sulfonamides is 1. The highest BCUT2D eigenvalue weighted by molar-refractivity contribution is 7.92. The maximum atomic E-state index is 13.0. The first-order chi connectivity index (χ1) is 14.8. The van der Waals surface area contributed by atoms with E-state index < -0.39 is 15.9 Å². The molecule has 0 aliphatic heterocycles. The average Bonchev–Trinajstić information content (AvgIpc) is 3.11. The van der Waals surface area contributed by atoms with E-state index in [-0.39, 0.29) is 26.2 Å². The van der Waals surface area contributed by atoms with Crippen LogP contribution in [0.15, 0.2) is 34.7 Å². The number of aryl methyl sites for hydroxylation is 3. The minimum absolute atomic E-state index is 0.00145. The maximum absolute atomic E-state index is 13.0. The number of anilines is 1. The van der Waals surface area contributed by atoms with Crippen molar-refractivity contribution >= 4 is 32.4 Å². The molecule has 32 heavy (non-hydrogen) atoms. The first-order valence-electron chi connectivity index (χ1n) is 9.83. The fourth-order valence-electron chi connectivity index (χ4n) is 3.16. The number of pyridine rings is 1. The van der Waals surface area contributed by atoms with Crippen molar-refractivity contribution in [1.82, 2.24) is 14.7 Å². The number of nitrogens with zero attached hydrogens (tertiary/aromatic N) is 2. The van der Waals surface area contributed by atoms with Gasteiger partial charge in [0.2, 0.25) is 5.88 Å². The number of ether oxygens (including phenoxy) is 1. The van der Waals surface area contributed by atoms with Gasteiger partial charge in [-0.15, -0.1) is 0 Å². The minimum atomic E-state index is -4.14. The second-order valence-corrected chi connectivity index (χ2v) is 11.6. The number of hydrogen-bond donors (Lipinski definition) is 2. The van der Waals surface area contributed by atoms with Crippen LogP contribution in [0.2, 0.25) is 0 Å². The van der Waals surface area contributed by atoms with Crippen LogP contribution in [0.1, 0.15) is 53.5 Å². The predicted octanol–water partition coefficient (Wildman–Crippen LogP) is 4.25. The van der Waals surface area contributed by atoms with Crippen LogP contribution in [-0.2, 0) is 15.4 Å². The van der Waals surface area contributed by atoms with E-state index in [1.807, 2.05) is 53.7 Å². The second kappa shape index (κ2) is 8.51. The maximum Gasteiger partial charge on any atom is 0.275 e. The van der Waals surface area contributed by atoms with E-state index in [0.717, 1.165) is 34.2 Å². The summed E-state index contributed by atoms with van der Waals surface area (Å²) in [4.78, 5) is 21.3. The molecule has 0 bridgehead atoms. The normalized spacial score (nSPS) is 11.9. The molecule has 0 radical (unpaired) electrons. The number of aromatic nitrogens is 2. The SMILES string of the molecule is Cc1cc(C)c(Oc2nc(C(C)(C)C)ccc2C(=O)NS(=O)(=O)c2cnc(N)s2)c(C)c1. The van der Waals surface area contributed by atoms with Gasteiger partial charge in [0.05, 0.1) is 6.20 Å². The minimum Gasteiger partial charge on any atom is -0.438 e. The van der Waals surface area contributed by atoms with Crippen molar-refractivity contribution in [1.29, 1.82) is 0 Å². The van der Waals surface area contributed by atoms with Crippen LogP contribution < -0.4 is 15.2 Å². The molecule has 3 rings (SSSR count). The largest absolute Gasteiger partial charge is 0.438 e. The van der Waals surface area contributed by atoms with Gasteiger partial charge < -0.3 is 10.5 Å². The van der Waals surface area contributed by atoms with Gasteiger partial charge >= 0.3 is 0 Å². The van der Waals surface area contributed by atoms with Gasteiger partial charge in [0.1, 0.15) is 11.3 Å². The van der Waals surface area contributed by atoms with Crippen molar-refractivity contribution in [3.05, 3.63) is 58.4 Å². The zero-order valence-electron chi connectivity index (χ0n) is 18.8. The third-order valence-corrected chi connectivity index (χ3v) is 7.29. The van der Waals surface area contributed by atoms with E-state index in [1.165, 1.54) is 6.07 Å². The standard InChI is InChI=1S/C22H26N4O4S2/c1-12-9-13(2)18(14(3)10-12)30-20-15(7-8-16(25-20)22(4,5)6)19(27)26-32(28,29)17-11-24-21(23)31-17/h7-11H,1-6H3,(H2,23,24)(H,26,27). The topological polar surface area (TPSA) is 124 Å². The van der Waals surface area contributed by atoms with E-state index in [0.29, 0.717) is 11.4 Å². The molecule has 0 aliphatic rings. The third kappa shape index (κ3) is 5.08. The summed E-state index contributed by atoms with van der Waals surface area (Å²) in [5, 5.41) is 0.0864. The van der Waals surface area contributed by atoms with Gasteiger partial charge in [-0.1, -0.05) is 49.8 Å². The number of benzene rings is 1. The molecule has 2 heterocycles. The number of carbonyl (C=O) groups excluding carboxylic acids is 1. The lowest BCUT2D eigenvalue weighted by atomic mass is 9.91. The lowest BCUT2D eigenvalue weighted by Gasteiger charge is -2.21. The number of nitrogens with two attached hydrogens (primary N) is 1. The summed E-state index contributed by atoms with van der Waals surface area (Å²) in [5.41, 5.74) is 8.75. The smallest absolute Gasteiger partial charge is 0.275 e. The van der Waals surface area contributed by atoms with Gasteiger partial charge in [0.15, 0.2) is 9.34 Å². The molecule has 0 spiro atoms. The number of amides is 1. The van der Waals surface area contributed by atoms with E-state index in [2.05, 4.69) is 14.7 Å². The molecule has 3 aromatic rings. The predicted molar refractivity (Wildman–Crippen MR) is 125 cm³/mol. The summed E-state index contributed by atoms with van der Waals surface area (Å²) in [6, 6.07) is 7.14. The molecule has 10 heteroatoms. The van der Waals surface area contributed by atoms with Crippen molar-refractivity contribution in [2.45, 2.75) is 51.2 Å². The third-order valence-electron chi connectivity index (χ3n) is 4.67. The van der Waals surface area contributed by atoms with Gasteiger partial charge in [-0.25, -0.2) is 23.1 Å². The van der Waals surface area contributed by atoms with E-state index >= 15 is 0 Å². The highest BCUT2D eigenvalue weighted by atomic mass is 32.2. The molecule has 0 atom stereocenters. The first kappa shape index (κ1) is 23.7. The Kier molecular flexibility index (Phi) is 6.30. The van der Waals surface area contributed by atoms with Crippen molar-refractivity contribution in [2.24, 2.45) is 0 Å². The Morgan fingerprint density at radius 3 is 2.28 bits per heavy atom. The Hall–Kier alpha value is -2.98. The van der Waals surface area contributed by atoms with Gasteiger partial charge in [0, 0.05) is 11.1 Å². The van der Waals surface area contributed by atoms with Gasteiger partial charge in [-0.3, -0.25) is 4.79 Å². The average molecular weight is 475 g/mol. The molecule has 1 aromatic carbocycles. The van der Waals surface area contributed by atoms with Crippen LogP contribution >= 0.6 is 11.3 Å². The van der Waals surface area contributed by atoms with Crippen LogP contribution in [0.3, 0.4) is 0 Å². The molecule has 0 saturated carbocycles. The Labute approximate surface area is 191 Å². The van der Waals surface area contributed by atoms with E-state index in [1.54, 1.807) is 6.07 Å². The number of thiazole rings is 1. The number of hydrogen-bond acceptors (Lipinski definition) is 8. The van der Waals surface area contributed by atoms with Gasteiger partial charge in [0.25, 0.3) is 15.9 Å². The number of carbonyl (C=O) groups is 1. The molecule has 8 nitrogen and oxygen atoms in total.